The molecule has 0 bridgehead atoms. The molecule has 0 aliphatic heterocycles. The molecule has 1 unspecified atom stereocenters. The van der Waals surface area contributed by atoms with Crippen LogP contribution in [0.3, 0.4) is 0 Å². The number of amides is 1. The maximum absolute atomic E-state index is 11.8. The minimum atomic E-state index is -0.512. The number of aromatic nitrogens is 1. The van der Waals surface area contributed by atoms with Crippen LogP contribution in [-0.2, 0) is 0 Å². The summed E-state index contributed by atoms with van der Waals surface area (Å²) in [5.74, 6) is -0.320. The minimum absolute atomic E-state index is 0.0302. The molecule has 17 heavy (non-hydrogen) atoms. The number of hydrogen-bond donors (Lipinski definition) is 3. The predicted molar refractivity (Wildman–Crippen MR) is 60.8 cm³/mol. The number of aryl methyl sites for hydroxylation is 1. The highest BCUT2D eigenvalue weighted by atomic mass is 16.4. The van der Waals surface area contributed by atoms with Crippen LogP contribution in [-0.4, -0.2) is 28.0 Å². The Morgan fingerprint density at radius 1 is 1.76 bits per heavy atom. The van der Waals surface area contributed by atoms with Crippen molar-refractivity contribution in [1.82, 2.24) is 10.3 Å². The van der Waals surface area contributed by atoms with E-state index in [1.807, 2.05) is 6.92 Å². The summed E-state index contributed by atoms with van der Waals surface area (Å²) in [7, 11) is 0. The van der Waals surface area contributed by atoms with Crippen molar-refractivity contribution >= 4 is 11.7 Å². The Morgan fingerprint density at radius 3 is 2.94 bits per heavy atom. The lowest BCUT2D eigenvalue weighted by atomic mass is 10.1. The van der Waals surface area contributed by atoms with Gasteiger partial charge in [0, 0.05) is 0 Å². The molecule has 0 spiro atoms. The number of hydrogen-bond acceptors (Lipinski definition) is 5. The number of oxazole rings is 1. The average Bonchev–Trinajstić information content (AvgIpc) is 2.73. The molecule has 1 heterocycles. The molecule has 94 valence electrons. The number of nitrogens with two attached hydrogens (primary N) is 1. The molecule has 4 N–H and O–H groups in total. The third-order valence-corrected chi connectivity index (χ3v) is 2.31. The van der Waals surface area contributed by atoms with Gasteiger partial charge < -0.3 is 20.7 Å². The molecule has 0 saturated heterocycles. The Balaban J connectivity index is 2.74. The molecule has 1 aromatic rings. The molecule has 0 aliphatic rings. The smallest absolute Gasteiger partial charge is 0.289 e. The second kappa shape index (κ2) is 5.88. The van der Waals surface area contributed by atoms with Crippen LogP contribution in [0.4, 0.5) is 0 Å². The highest BCUT2D eigenvalue weighted by Gasteiger charge is 2.20. The van der Waals surface area contributed by atoms with Crippen LogP contribution in [0.25, 0.3) is 0 Å². The van der Waals surface area contributed by atoms with Crippen LogP contribution in [0.5, 0.6) is 0 Å². The van der Waals surface area contributed by atoms with Gasteiger partial charge in [0.1, 0.15) is 0 Å². The first-order chi connectivity index (χ1) is 8.10. The van der Waals surface area contributed by atoms with Gasteiger partial charge in [0.15, 0.2) is 12.2 Å². The summed E-state index contributed by atoms with van der Waals surface area (Å²) in [5.41, 5.74) is 5.98. The molecule has 0 fully saturated rings. The van der Waals surface area contributed by atoms with Crippen molar-refractivity contribution in [2.75, 3.05) is 0 Å². The number of carbonyl (C=O) groups excluding carboxylic acids is 1. The van der Waals surface area contributed by atoms with Gasteiger partial charge in [0.25, 0.3) is 5.91 Å². The standard InChI is InChI=1S/C10H16N4O3/c1-3-4-7(9(11)14-16)13-10(15)8-6(2)12-5-17-8/h5,7,16H,3-4H2,1-2H3,(H2,11,14)(H,13,15). The summed E-state index contributed by atoms with van der Waals surface area (Å²) < 4.78 is 4.95. The number of amidine groups is 1. The van der Waals surface area contributed by atoms with Crippen LogP contribution in [0.2, 0.25) is 0 Å². The van der Waals surface area contributed by atoms with Crippen LogP contribution >= 0.6 is 0 Å². The lowest BCUT2D eigenvalue weighted by Crippen LogP contribution is -2.44. The van der Waals surface area contributed by atoms with Gasteiger partial charge in [-0.3, -0.25) is 4.79 Å². The van der Waals surface area contributed by atoms with E-state index in [0.717, 1.165) is 6.42 Å². The lowest BCUT2D eigenvalue weighted by Gasteiger charge is -2.15. The Bertz CT molecular complexity index is 413. The fraction of sp³-hybridized carbons (Fsp3) is 0.500. The SMILES string of the molecule is CCCC(NC(=O)c1ocnc1C)C(N)=NO. The van der Waals surface area contributed by atoms with Crippen LogP contribution < -0.4 is 11.1 Å². The van der Waals surface area contributed by atoms with E-state index < -0.39 is 11.9 Å². The highest BCUT2D eigenvalue weighted by molar-refractivity contribution is 5.96. The predicted octanol–water partition coefficient (Wildman–Crippen LogP) is 0.628. The first kappa shape index (κ1) is 13.0. The van der Waals surface area contributed by atoms with Gasteiger partial charge in [0.05, 0.1) is 11.7 Å². The van der Waals surface area contributed by atoms with Gasteiger partial charge in [-0.05, 0) is 13.3 Å². The monoisotopic (exact) mass is 240 g/mol. The minimum Gasteiger partial charge on any atom is -0.438 e. The summed E-state index contributed by atoms with van der Waals surface area (Å²) in [6.45, 7) is 3.60. The summed E-state index contributed by atoms with van der Waals surface area (Å²) >= 11 is 0. The number of nitrogens with one attached hydrogen (secondary N) is 1. The Labute approximate surface area is 98.7 Å². The highest BCUT2D eigenvalue weighted by Crippen LogP contribution is 2.06. The first-order valence-electron chi connectivity index (χ1n) is 5.28. The summed E-state index contributed by atoms with van der Waals surface area (Å²) in [6.07, 6.45) is 2.56. The van der Waals surface area contributed by atoms with Crippen LogP contribution in [0, 0.1) is 6.92 Å². The molecule has 0 radical (unpaired) electrons. The summed E-state index contributed by atoms with van der Waals surface area (Å²) in [4.78, 5) is 15.6. The number of carbonyl (C=O) groups is 1. The molecular formula is C10H16N4O3. The number of nitrogens with zero attached hydrogens (tertiary/aromatic N) is 2. The third kappa shape index (κ3) is 3.20. The molecule has 0 aromatic carbocycles. The van der Waals surface area contributed by atoms with Crippen molar-refractivity contribution in [2.45, 2.75) is 32.7 Å². The molecule has 7 heteroatoms. The lowest BCUT2D eigenvalue weighted by molar-refractivity contribution is 0.0916. The molecule has 1 atom stereocenters. The molecule has 1 rings (SSSR count). The van der Waals surface area contributed by atoms with Crippen molar-refractivity contribution in [1.29, 1.82) is 0 Å². The van der Waals surface area contributed by atoms with E-state index in [4.69, 9.17) is 15.4 Å². The molecule has 0 aliphatic carbocycles. The van der Waals surface area contributed by atoms with Gasteiger partial charge in [0.2, 0.25) is 5.76 Å². The van der Waals surface area contributed by atoms with Crippen LogP contribution in [0.1, 0.15) is 36.0 Å². The Kier molecular flexibility index (Phi) is 4.50. The fourth-order valence-electron chi connectivity index (χ4n) is 1.40. The zero-order chi connectivity index (χ0) is 12.8. The van der Waals surface area contributed by atoms with E-state index in [1.165, 1.54) is 6.39 Å². The normalized spacial score (nSPS) is 13.4. The third-order valence-electron chi connectivity index (χ3n) is 2.31. The quantitative estimate of drug-likeness (QED) is 0.302. The second-order valence-corrected chi connectivity index (χ2v) is 3.61. The zero-order valence-electron chi connectivity index (χ0n) is 9.80. The van der Waals surface area contributed by atoms with E-state index in [0.29, 0.717) is 12.1 Å². The molecule has 0 saturated carbocycles. The van der Waals surface area contributed by atoms with E-state index in [2.05, 4.69) is 15.5 Å². The first-order valence-corrected chi connectivity index (χ1v) is 5.28. The van der Waals surface area contributed by atoms with Crippen molar-refractivity contribution in [3.63, 3.8) is 0 Å². The average molecular weight is 240 g/mol. The van der Waals surface area contributed by atoms with E-state index in [1.54, 1.807) is 6.92 Å². The number of oxime groups is 1. The van der Waals surface area contributed by atoms with Crippen LogP contribution in [0.15, 0.2) is 16.0 Å². The largest absolute Gasteiger partial charge is 0.438 e. The van der Waals surface area contributed by atoms with Gasteiger partial charge in [-0.1, -0.05) is 18.5 Å². The van der Waals surface area contributed by atoms with E-state index in [-0.39, 0.29) is 11.6 Å². The van der Waals surface area contributed by atoms with Crippen molar-refractivity contribution in [2.24, 2.45) is 10.9 Å². The topological polar surface area (TPSA) is 114 Å². The fourth-order valence-corrected chi connectivity index (χ4v) is 1.40. The maximum Gasteiger partial charge on any atom is 0.289 e. The van der Waals surface area contributed by atoms with Crippen molar-refractivity contribution in [3.05, 3.63) is 17.8 Å². The molecule has 1 aromatic heterocycles. The van der Waals surface area contributed by atoms with E-state index in [9.17, 15) is 4.79 Å². The second-order valence-electron chi connectivity index (χ2n) is 3.61. The molecule has 1 amide bonds. The zero-order valence-corrected chi connectivity index (χ0v) is 9.80. The molecular weight excluding hydrogens is 224 g/mol. The summed E-state index contributed by atoms with van der Waals surface area (Å²) in [6, 6.07) is -0.512. The number of rotatable bonds is 5. The maximum atomic E-state index is 11.8. The Morgan fingerprint density at radius 2 is 2.47 bits per heavy atom. The molecule has 7 nitrogen and oxygen atoms in total. The van der Waals surface area contributed by atoms with Gasteiger partial charge >= 0.3 is 0 Å². The Hall–Kier alpha value is -2.05. The van der Waals surface area contributed by atoms with E-state index >= 15 is 0 Å². The van der Waals surface area contributed by atoms with Gasteiger partial charge in [-0.2, -0.15) is 0 Å². The van der Waals surface area contributed by atoms with Gasteiger partial charge in [-0.25, -0.2) is 4.98 Å². The van der Waals surface area contributed by atoms with Gasteiger partial charge in [-0.15, -0.1) is 0 Å². The summed E-state index contributed by atoms with van der Waals surface area (Å²) in [5, 5.41) is 14.1. The van der Waals surface area contributed by atoms with Crippen molar-refractivity contribution < 1.29 is 14.4 Å². The van der Waals surface area contributed by atoms with Crippen molar-refractivity contribution in [3.8, 4) is 0 Å².